The molecule has 1 heterocycles. The number of carbonyl (C=O) groups excluding carboxylic acids is 2. The Morgan fingerprint density at radius 3 is 2.55 bits per heavy atom. The Labute approximate surface area is 183 Å². The zero-order valence-corrected chi connectivity index (χ0v) is 18.7. The molecule has 6 heteroatoms. The van der Waals surface area contributed by atoms with Gasteiger partial charge in [-0.1, -0.05) is 32.0 Å². The molecule has 0 unspecified atom stereocenters. The number of rotatable bonds is 9. The van der Waals surface area contributed by atoms with E-state index in [1.165, 1.54) is 12.7 Å². The summed E-state index contributed by atoms with van der Waals surface area (Å²) >= 11 is 0. The summed E-state index contributed by atoms with van der Waals surface area (Å²) in [6, 6.07) is 13.0. The van der Waals surface area contributed by atoms with Crippen LogP contribution in [-0.2, 0) is 16.0 Å². The van der Waals surface area contributed by atoms with Crippen LogP contribution in [0.5, 0.6) is 5.75 Å². The molecule has 6 nitrogen and oxygen atoms in total. The molecular weight excluding hydrogens is 392 g/mol. The number of fused-ring (bicyclic) bond motifs is 1. The first-order valence-corrected chi connectivity index (χ1v) is 10.6. The molecule has 0 fully saturated rings. The fourth-order valence-corrected chi connectivity index (χ4v) is 3.99. The van der Waals surface area contributed by atoms with Crippen molar-refractivity contribution >= 4 is 23.1 Å². The van der Waals surface area contributed by atoms with Crippen molar-refractivity contribution in [1.29, 1.82) is 0 Å². The van der Waals surface area contributed by atoms with Crippen molar-refractivity contribution in [2.24, 2.45) is 4.99 Å². The first-order valence-electron chi connectivity index (χ1n) is 10.6. The molecule has 1 amide bonds. The average molecular weight is 423 g/mol. The molecule has 2 aromatic carbocycles. The molecule has 0 radical (unpaired) electrons. The maximum Gasteiger partial charge on any atom is 0.250 e. The van der Waals surface area contributed by atoms with Gasteiger partial charge in [0.25, 0.3) is 0 Å². The molecule has 0 bridgehead atoms. The highest BCUT2D eigenvalue weighted by molar-refractivity contribution is 6.17. The van der Waals surface area contributed by atoms with Crippen LogP contribution in [0.4, 0.5) is 5.69 Å². The fraction of sp³-hybridized carbons (Fsp3) is 0.400. The number of carbonyl (C=O) groups is 2. The third-order valence-electron chi connectivity index (χ3n) is 5.91. The predicted octanol–water partition coefficient (Wildman–Crippen LogP) is 4.46. The number of anilines is 1. The molecule has 3 rings (SSSR count). The smallest absolute Gasteiger partial charge is 0.250 e. The maximum absolute atomic E-state index is 13.2. The van der Waals surface area contributed by atoms with Crippen LogP contribution in [0.3, 0.4) is 0 Å². The highest BCUT2D eigenvalue weighted by atomic mass is 16.5. The van der Waals surface area contributed by atoms with Crippen molar-refractivity contribution in [3.63, 3.8) is 0 Å². The van der Waals surface area contributed by atoms with E-state index in [1.807, 2.05) is 12.1 Å². The Kier molecular flexibility index (Phi) is 7.23. The summed E-state index contributed by atoms with van der Waals surface area (Å²) in [7, 11) is 3.10. The van der Waals surface area contributed by atoms with E-state index in [2.05, 4.69) is 25.2 Å². The maximum atomic E-state index is 13.2. The Balaban J connectivity index is 1.90. The number of Topliss-reactive ketones (excluding diaryl/α,β-unsaturated/α-hetero) is 1. The van der Waals surface area contributed by atoms with Crippen molar-refractivity contribution in [3.8, 4) is 5.75 Å². The number of nitrogens with zero attached hydrogens (tertiary/aromatic N) is 1. The number of amides is 1. The third-order valence-corrected chi connectivity index (χ3v) is 5.91. The van der Waals surface area contributed by atoms with Gasteiger partial charge in [-0.25, -0.2) is 0 Å². The van der Waals surface area contributed by atoms with Crippen LogP contribution in [0.25, 0.3) is 0 Å². The number of hydrogen-bond donors (Lipinski definition) is 1. The van der Waals surface area contributed by atoms with E-state index in [0.29, 0.717) is 11.3 Å². The minimum atomic E-state index is -0.263. The Morgan fingerprint density at radius 1 is 1.10 bits per heavy atom. The molecule has 0 atom stereocenters. The van der Waals surface area contributed by atoms with Crippen molar-refractivity contribution in [1.82, 2.24) is 0 Å². The van der Waals surface area contributed by atoms with Crippen molar-refractivity contribution in [2.75, 3.05) is 26.1 Å². The molecule has 164 valence electrons. The lowest BCUT2D eigenvalue weighted by Gasteiger charge is -2.34. The quantitative estimate of drug-likeness (QED) is 0.606. The second kappa shape index (κ2) is 9.88. The number of benzene rings is 2. The number of ether oxygens (including phenoxy) is 2. The SMILES string of the molecule is CCC1(CC)Cc2ccc(OC)cc2C(CC(=O)c2cccc(NC(=O)COC)c2)=N1. The largest absolute Gasteiger partial charge is 0.497 e. The summed E-state index contributed by atoms with van der Waals surface area (Å²) in [5.74, 6) is 0.445. The highest BCUT2D eigenvalue weighted by Crippen LogP contribution is 2.35. The average Bonchev–Trinajstić information content (AvgIpc) is 2.78. The van der Waals surface area contributed by atoms with Crippen LogP contribution >= 0.6 is 0 Å². The van der Waals surface area contributed by atoms with E-state index in [0.717, 1.165) is 36.3 Å². The summed E-state index contributed by atoms with van der Waals surface area (Å²) in [5.41, 5.74) is 3.89. The molecule has 0 saturated heterocycles. The topological polar surface area (TPSA) is 77.0 Å². The van der Waals surface area contributed by atoms with E-state index in [1.54, 1.807) is 31.4 Å². The molecule has 1 aliphatic heterocycles. The summed E-state index contributed by atoms with van der Waals surface area (Å²) in [4.78, 5) is 30.1. The van der Waals surface area contributed by atoms with Gasteiger partial charge in [0, 0.05) is 23.9 Å². The second-order valence-electron chi connectivity index (χ2n) is 7.85. The normalized spacial score (nSPS) is 14.4. The van der Waals surface area contributed by atoms with Crippen LogP contribution in [-0.4, -0.2) is 43.8 Å². The molecule has 31 heavy (non-hydrogen) atoms. The minimum Gasteiger partial charge on any atom is -0.497 e. The van der Waals surface area contributed by atoms with Crippen LogP contribution in [0.15, 0.2) is 47.5 Å². The molecule has 1 N–H and O–H groups in total. The van der Waals surface area contributed by atoms with E-state index < -0.39 is 0 Å². The number of hydrogen-bond acceptors (Lipinski definition) is 5. The second-order valence-corrected chi connectivity index (χ2v) is 7.85. The van der Waals surface area contributed by atoms with E-state index in [-0.39, 0.29) is 30.3 Å². The Morgan fingerprint density at radius 2 is 1.87 bits per heavy atom. The molecule has 1 aliphatic rings. The zero-order valence-electron chi connectivity index (χ0n) is 18.7. The van der Waals surface area contributed by atoms with Crippen LogP contribution in [0.2, 0.25) is 0 Å². The number of aliphatic imine (C=N–C) groups is 1. The van der Waals surface area contributed by atoms with Gasteiger partial charge in [-0.05, 0) is 49.1 Å². The standard InChI is InChI=1S/C25H30N2O4/c1-5-25(6-2)15-18-10-11-20(31-4)13-21(18)22(27-25)14-23(28)17-8-7-9-19(12-17)26-24(29)16-30-3/h7-13H,5-6,14-16H2,1-4H3,(H,26,29). The van der Waals surface area contributed by atoms with E-state index >= 15 is 0 Å². The lowest BCUT2D eigenvalue weighted by Crippen LogP contribution is -2.34. The Bertz CT molecular complexity index is 993. The molecule has 0 saturated carbocycles. The predicted molar refractivity (Wildman–Crippen MR) is 122 cm³/mol. The molecule has 0 aromatic heterocycles. The summed E-state index contributed by atoms with van der Waals surface area (Å²) in [6.45, 7) is 4.25. The van der Waals surface area contributed by atoms with Crippen molar-refractivity contribution < 1.29 is 19.1 Å². The monoisotopic (exact) mass is 422 g/mol. The lowest BCUT2D eigenvalue weighted by atomic mass is 9.80. The van der Waals surface area contributed by atoms with Gasteiger partial charge < -0.3 is 14.8 Å². The van der Waals surface area contributed by atoms with Gasteiger partial charge in [0.2, 0.25) is 5.91 Å². The number of methoxy groups -OCH3 is 2. The lowest BCUT2D eigenvalue weighted by molar-refractivity contribution is -0.119. The van der Waals surface area contributed by atoms with Gasteiger partial charge in [0.15, 0.2) is 5.78 Å². The van der Waals surface area contributed by atoms with E-state index in [9.17, 15) is 9.59 Å². The van der Waals surface area contributed by atoms with Crippen LogP contribution in [0.1, 0.15) is 54.6 Å². The zero-order chi connectivity index (χ0) is 22.4. The molecule has 0 spiro atoms. The van der Waals surface area contributed by atoms with Gasteiger partial charge >= 0.3 is 0 Å². The van der Waals surface area contributed by atoms with Crippen molar-refractivity contribution in [3.05, 3.63) is 59.2 Å². The molecule has 0 aliphatic carbocycles. The summed E-state index contributed by atoms with van der Waals surface area (Å²) in [6.07, 6.45) is 2.87. The van der Waals surface area contributed by atoms with Gasteiger partial charge in [0.1, 0.15) is 12.4 Å². The Hall–Kier alpha value is -2.99. The van der Waals surface area contributed by atoms with Gasteiger partial charge in [-0.2, -0.15) is 0 Å². The molecule has 2 aromatic rings. The number of nitrogens with one attached hydrogen (secondary N) is 1. The fourth-order valence-electron chi connectivity index (χ4n) is 3.99. The molecular formula is C25H30N2O4. The third kappa shape index (κ3) is 5.20. The minimum absolute atomic E-state index is 0.0380. The van der Waals surface area contributed by atoms with Crippen molar-refractivity contribution in [2.45, 2.75) is 45.1 Å². The van der Waals surface area contributed by atoms with Crippen LogP contribution in [0, 0.1) is 0 Å². The van der Waals surface area contributed by atoms with E-state index in [4.69, 9.17) is 14.5 Å². The van der Waals surface area contributed by atoms with Gasteiger partial charge in [-0.3, -0.25) is 14.6 Å². The first-order chi connectivity index (χ1) is 14.9. The van der Waals surface area contributed by atoms with Crippen LogP contribution < -0.4 is 10.1 Å². The number of ketones is 1. The van der Waals surface area contributed by atoms with Gasteiger partial charge in [0.05, 0.1) is 24.8 Å². The van der Waals surface area contributed by atoms with Gasteiger partial charge in [-0.15, -0.1) is 0 Å². The summed E-state index contributed by atoms with van der Waals surface area (Å²) < 4.78 is 10.2. The highest BCUT2D eigenvalue weighted by Gasteiger charge is 2.33. The summed E-state index contributed by atoms with van der Waals surface area (Å²) in [5, 5.41) is 2.74. The first kappa shape index (κ1) is 22.7.